The molecule has 0 spiro atoms. The van der Waals surface area contributed by atoms with Crippen LogP contribution in [0.1, 0.15) is 40.9 Å². The van der Waals surface area contributed by atoms with Crippen LogP contribution in [0.2, 0.25) is 0 Å². The molecule has 1 saturated heterocycles. The number of aromatic nitrogens is 1. The highest BCUT2D eigenvalue weighted by molar-refractivity contribution is 7.16. The number of ether oxygens (including phenoxy) is 1. The molecule has 2 heterocycles. The van der Waals surface area contributed by atoms with Crippen molar-refractivity contribution in [1.82, 2.24) is 4.98 Å². The van der Waals surface area contributed by atoms with Crippen molar-refractivity contribution in [2.75, 3.05) is 6.16 Å². The Morgan fingerprint density at radius 1 is 1.65 bits per heavy atom. The van der Waals surface area contributed by atoms with E-state index in [0.717, 1.165) is 36.8 Å². The van der Waals surface area contributed by atoms with E-state index < -0.39 is 11.0 Å². The maximum atomic E-state index is 13.4. The van der Waals surface area contributed by atoms with Gasteiger partial charge in [-0.2, -0.15) is 4.39 Å². The molecule has 0 bridgehead atoms. The van der Waals surface area contributed by atoms with Gasteiger partial charge in [0.1, 0.15) is 11.1 Å². The lowest BCUT2D eigenvalue weighted by Gasteiger charge is -2.10. The molecule has 3 unspecified atom stereocenters. The first-order chi connectivity index (χ1) is 8.11. The van der Waals surface area contributed by atoms with Gasteiger partial charge in [0.2, 0.25) is 5.13 Å². The van der Waals surface area contributed by atoms with Gasteiger partial charge >= 0.3 is 0 Å². The minimum absolute atomic E-state index is 0.191. The second kappa shape index (κ2) is 5.38. The monoisotopic (exact) mass is 276 g/mol. The summed E-state index contributed by atoms with van der Waals surface area (Å²) >= 11 is 0.851. The zero-order chi connectivity index (χ0) is 12.4. The van der Waals surface area contributed by atoms with Gasteiger partial charge in [-0.05, 0) is 25.4 Å². The van der Waals surface area contributed by atoms with E-state index >= 15 is 0 Å². The van der Waals surface area contributed by atoms with Crippen LogP contribution in [0.15, 0.2) is 0 Å². The SMILES string of the molecule is NC(=O)c1nc(C2CCC(CCP)O2)sc1F. The molecular formula is C10H14FN2O2PS. The van der Waals surface area contributed by atoms with Crippen LogP contribution in [0.4, 0.5) is 4.39 Å². The van der Waals surface area contributed by atoms with E-state index in [2.05, 4.69) is 14.2 Å². The van der Waals surface area contributed by atoms with Gasteiger partial charge in [-0.3, -0.25) is 4.79 Å². The third-order valence-electron chi connectivity index (χ3n) is 2.71. The Balaban J connectivity index is 2.09. The van der Waals surface area contributed by atoms with Crippen molar-refractivity contribution >= 4 is 26.5 Å². The molecule has 1 aromatic rings. The number of nitrogens with zero attached hydrogens (tertiary/aromatic N) is 1. The number of carbonyl (C=O) groups is 1. The number of rotatable bonds is 4. The molecule has 2 rings (SSSR count). The molecule has 4 nitrogen and oxygen atoms in total. The average molecular weight is 276 g/mol. The first-order valence-electron chi connectivity index (χ1n) is 5.43. The van der Waals surface area contributed by atoms with Crippen LogP contribution in [-0.4, -0.2) is 23.2 Å². The summed E-state index contributed by atoms with van der Waals surface area (Å²) in [6.45, 7) is 0. The zero-order valence-electron chi connectivity index (χ0n) is 9.19. The molecule has 17 heavy (non-hydrogen) atoms. The van der Waals surface area contributed by atoms with Gasteiger partial charge in [0.05, 0.1) is 6.10 Å². The fourth-order valence-electron chi connectivity index (χ4n) is 1.89. The molecule has 1 aromatic heterocycles. The summed E-state index contributed by atoms with van der Waals surface area (Å²) in [4.78, 5) is 14.8. The molecule has 1 fully saturated rings. The lowest BCUT2D eigenvalue weighted by atomic mass is 10.2. The van der Waals surface area contributed by atoms with E-state index in [1.165, 1.54) is 0 Å². The highest BCUT2D eigenvalue weighted by Gasteiger charge is 2.30. The van der Waals surface area contributed by atoms with E-state index in [0.29, 0.717) is 5.01 Å². The Kier molecular flexibility index (Phi) is 4.07. The van der Waals surface area contributed by atoms with Crippen molar-refractivity contribution < 1.29 is 13.9 Å². The Morgan fingerprint density at radius 2 is 2.41 bits per heavy atom. The summed E-state index contributed by atoms with van der Waals surface area (Å²) < 4.78 is 19.1. The highest BCUT2D eigenvalue weighted by atomic mass is 32.1. The predicted octanol–water partition coefficient (Wildman–Crippen LogP) is 1.87. The van der Waals surface area contributed by atoms with Crippen molar-refractivity contribution in [3.63, 3.8) is 0 Å². The first kappa shape index (κ1) is 12.9. The van der Waals surface area contributed by atoms with Gasteiger partial charge in [-0.15, -0.1) is 9.24 Å². The molecule has 3 atom stereocenters. The maximum absolute atomic E-state index is 13.4. The fourth-order valence-corrected chi connectivity index (χ4v) is 3.13. The van der Waals surface area contributed by atoms with Crippen LogP contribution in [0.5, 0.6) is 0 Å². The van der Waals surface area contributed by atoms with Crippen LogP contribution >= 0.6 is 20.6 Å². The summed E-state index contributed by atoms with van der Waals surface area (Å²) in [6.07, 6.45) is 3.74. The predicted molar refractivity (Wildman–Crippen MR) is 66.6 cm³/mol. The van der Waals surface area contributed by atoms with E-state index in [4.69, 9.17) is 10.5 Å². The summed E-state index contributed by atoms with van der Waals surface area (Å²) in [5.41, 5.74) is 4.75. The Morgan fingerprint density at radius 3 is 3.00 bits per heavy atom. The van der Waals surface area contributed by atoms with Gasteiger partial charge in [-0.25, -0.2) is 4.98 Å². The molecule has 1 aliphatic heterocycles. The Labute approximate surface area is 105 Å². The number of hydrogen-bond acceptors (Lipinski definition) is 4. The standard InChI is InChI=1S/C10H14FN2O2PS/c11-8-7(9(12)14)13-10(17-8)6-2-1-5(15-6)3-4-16/h5-6H,1-4,16H2,(H2,12,14). The third-order valence-corrected chi connectivity index (χ3v) is 3.98. The highest BCUT2D eigenvalue weighted by Crippen LogP contribution is 2.36. The molecule has 0 radical (unpaired) electrons. The molecule has 7 heteroatoms. The second-order valence-electron chi connectivity index (χ2n) is 3.94. The van der Waals surface area contributed by atoms with E-state index in [9.17, 15) is 9.18 Å². The number of halogens is 1. The smallest absolute Gasteiger partial charge is 0.271 e. The summed E-state index contributed by atoms with van der Waals surface area (Å²) in [5, 5.41) is -0.104. The Hall–Kier alpha value is -0.580. The molecule has 2 N–H and O–H groups in total. The first-order valence-corrected chi connectivity index (χ1v) is 7.06. The third kappa shape index (κ3) is 2.81. The Bertz CT molecular complexity index is 426. The number of amides is 1. The number of thiazole rings is 1. The van der Waals surface area contributed by atoms with Crippen LogP contribution in [-0.2, 0) is 4.74 Å². The van der Waals surface area contributed by atoms with Crippen LogP contribution < -0.4 is 5.73 Å². The van der Waals surface area contributed by atoms with Crippen molar-refractivity contribution in [1.29, 1.82) is 0 Å². The van der Waals surface area contributed by atoms with Crippen LogP contribution in [0.3, 0.4) is 0 Å². The summed E-state index contributed by atoms with van der Waals surface area (Å²) in [7, 11) is 2.66. The van der Waals surface area contributed by atoms with E-state index in [-0.39, 0.29) is 17.9 Å². The van der Waals surface area contributed by atoms with Gasteiger partial charge < -0.3 is 10.5 Å². The molecule has 94 valence electrons. The van der Waals surface area contributed by atoms with Gasteiger partial charge in [0.15, 0.2) is 5.69 Å². The number of primary amides is 1. The molecule has 1 amide bonds. The average Bonchev–Trinajstić information content (AvgIpc) is 2.85. The van der Waals surface area contributed by atoms with E-state index in [1.54, 1.807) is 0 Å². The number of carbonyl (C=O) groups excluding carboxylic acids is 1. The minimum atomic E-state index is -0.829. The van der Waals surface area contributed by atoms with Crippen molar-refractivity contribution in [2.24, 2.45) is 5.73 Å². The molecule has 1 aliphatic rings. The quantitative estimate of drug-likeness (QED) is 0.854. The van der Waals surface area contributed by atoms with Crippen LogP contribution in [0, 0.1) is 5.13 Å². The van der Waals surface area contributed by atoms with E-state index in [1.807, 2.05) is 0 Å². The maximum Gasteiger partial charge on any atom is 0.271 e. The summed E-state index contributed by atoms with van der Waals surface area (Å²) in [6, 6.07) is 0. The van der Waals surface area contributed by atoms with Crippen molar-refractivity contribution in [3.05, 3.63) is 15.8 Å². The zero-order valence-corrected chi connectivity index (χ0v) is 11.2. The lowest BCUT2D eigenvalue weighted by Crippen LogP contribution is -2.13. The largest absolute Gasteiger partial charge is 0.368 e. The summed E-state index contributed by atoms with van der Waals surface area (Å²) in [5.74, 6) is -0.829. The van der Waals surface area contributed by atoms with Crippen molar-refractivity contribution in [2.45, 2.75) is 31.5 Å². The second-order valence-corrected chi connectivity index (χ2v) is 5.50. The molecule has 0 aliphatic carbocycles. The fraction of sp³-hybridized carbons (Fsp3) is 0.600. The van der Waals surface area contributed by atoms with Gasteiger partial charge in [-0.1, -0.05) is 11.3 Å². The lowest BCUT2D eigenvalue weighted by molar-refractivity contribution is 0.0432. The van der Waals surface area contributed by atoms with Crippen molar-refractivity contribution in [3.8, 4) is 0 Å². The molecule has 0 saturated carbocycles. The number of nitrogens with two attached hydrogens (primary N) is 1. The molecule has 0 aromatic carbocycles. The molecular weight excluding hydrogens is 262 g/mol. The minimum Gasteiger partial charge on any atom is -0.368 e. The number of hydrogen-bond donors (Lipinski definition) is 1. The van der Waals surface area contributed by atoms with Crippen LogP contribution in [0.25, 0.3) is 0 Å². The van der Waals surface area contributed by atoms with Gasteiger partial charge in [0, 0.05) is 0 Å². The topological polar surface area (TPSA) is 65.2 Å². The normalized spacial score (nSPS) is 24.1. The van der Waals surface area contributed by atoms with Gasteiger partial charge in [0.25, 0.3) is 5.91 Å².